The number of carbonyl (C=O) groups excluding carboxylic acids is 1. The molecular formula is C22H22N2O4S. The highest BCUT2D eigenvalue weighted by Gasteiger charge is 2.26. The van der Waals surface area contributed by atoms with Crippen molar-refractivity contribution in [2.24, 2.45) is 0 Å². The van der Waals surface area contributed by atoms with Crippen molar-refractivity contribution in [3.8, 4) is 5.75 Å². The van der Waals surface area contributed by atoms with E-state index in [9.17, 15) is 14.7 Å². The van der Waals surface area contributed by atoms with Gasteiger partial charge in [0, 0.05) is 28.7 Å². The summed E-state index contributed by atoms with van der Waals surface area (Å²) in [4.78, 5) is 27.1. The number of rotatable bonds is 5. The lowest BCUT2D eigenvalue weighted by Crippen LogP contribution is -2.32. The van der Waals surface area contributed by atoms with E-state index < -0.39 is 5.97 Å². The minimum atomic E-state index is -0.995. The number of carbonyl (C=O) groups is 2. The topological polar surface area (TPSA) is 78.9 Å². The van der Waals surface area contributed by atoms with E-state index in [0.29, 0.717) is 30.3 Å². The molecule has 7 heteroatoms. The van der Waals surface area contributed by atoms with Gasteiger partial charge in [0.2, 0.25) is 0 Å². The molecule has 0 bridgehead atoms. The number of nitrogens with zero attached hydrogens (tertiary/aromatic N) is 1. The van der Waals surface area contributed by atoms with Gasteiger partial charge in [-0.25, -0.2) is 4.79 Å². The standard InChI is InChI=1S/C22H22N2O4S/c1-2-9-23-19-16-5-3-4-6-18(16)29-20(19)21(25)24-10-11-28-17-12-14(22(26)27)7-8-15(17)13-24/h3-8,12,23H,2,9-11,13H2,1H3,(H,26,27). The van der Waals surface area contributed by atoms with E-state index in [1.165, 1.54) is 17.4 Å². The average molecular weight is 410 g/mol. The highest BCUT2D eigenvalue weighted by Crippen LogP contribution is 2.37. The van der Waals surface area contributed by atoms with E-state index in [2.05, 4.69) is 12.2 Å². The predicted octanol–water partition coefficient (Wildman–Crippen LogP) is 4.46. The minimum Gasteiger partial charge on any atom is -0.491 e. The first-order valence-corrected chi connectivity index (χ1v) is 10.4. The number of carboxylic acids is 1. The number of amides is 1. The molecule has 0 saturated heterocycles. The van der Waals surface area contributed by atoms with Crippen LogP contribution in [0.3, 0.4) is 0 Å². The first-order valence-electron chi connectivity index (χ1n) is 9.62. The van der Waals surface area contributed by atoms with E-state index in [4.69, 9.17) is 4.74 Å². The lowest BCUT2D eigenvalue weighted by atomic mass is 10.1. The molecule has 3 aromatic rings. The Balaban J connectivity index is 1.66. The molecule has 1 aromatic heterocycles. The molecule has 4 rings (SSSR count). The number of aromatic carboxylic acids is 1. The third-order valence-corrected chi connectivity index (χ3v) is 6.08. The third-order valence-electron chi connectivity index (χ3n) is 4.92. The van der Waals surface area contributed by atoms with Crippen molar-refractivity contribution in [3.63, 3.8) is 0 Å². The zero-order valence-electron chi connectivity index (χ0n) is 16.1. The van der Waals surface area contributed by atoms with Gasteiger partial charge in [0.1, 0.15) is 17.2 Å². The normalized spacial score (nSPS) is 13.5. The fourth-order valence-corrected chi connectivity index (χ4v) is 4.59. The van der Waals surface area contributed by atoms with Gasteiger partial charge in [-0.1, -0.05) is 31.2 Å². The van der Waals surface area contributed by atoms with Crippen LogP contribution in [0.1, 0.15) is 38.9 Å². The van der Waals surface area contributed by atoms with E-state index in [0.717, 1.165) is 34.3 Å². The SMILES string of the molecule is CCCNc1c(C(=O)N2CCOc3cc(C(=O)O)ccc3C2)sc2ccccc12. The summed E-state index contributed by atoms with van der Waals surface area (Å²) in [7, 11) is 0. The molecule has 0 fully saturated rings. The Bertz CT molecular complexity index is 1080. The first-order chi connectivity index (χ1) is 14.1. The van der Waals surface area contributed by atoms with E-state index in [1.807, 2.05) is 24.3 Å². The summed E-state index contributed by atoms with van der Waals surface area (Å²) in [5.74, 6) is -0.505. The second-order valence-corrected chi connectivity index (χ2v) is 7.98. The molecule has 2 heterocycles. The summed E-state index contributed by atoms with van der Waals surface area (Å²) >= 11 is 1.50. The Morgan fingerprint density at radius 2 is 2.07 bits per heavy atom. The second kappa shape index (κ2) is 8.13. The highest BCUT2D eigenvalue weighted by molar-refractivity contribution is 7.21. The summed E-state index contributed by atoms with van der Waals surface area (Å²) in [5.41, 5.74) is 1.88. The van der Waals surface area contributed by atoms with Crippen molar-refractivity contribution in [2.45, 2.75) is 19.9 Å². The zero-order valence-corrected chi connectivity index (χ0v) is 16.9. The van der Waals surface area contributed by atoms with Crippen LogP contribution in [0.4, 0.5) is 5.69 Å². The molecule has 0 aliphatic carbocycles. The van der Waals surface area contributed by atoms with Crippen LogP contribution in [0.15, 0.2) is 42.5 Å². The van der Waals surface area contributed by atoms with Crippen molar-refractivity contribution < 1.29 is 19.4 Å². The lowest BCUT2D eigenvalue weighted by Gasteiger charge is -2.20. The van der Waals surface area contributed by atoms with E-state index >= 15 is 0 Å². The molecule has 0 radical (unpaired) electrons. The largest absolute Gasteiger partial charge is 0.491 e. The van der Waals surface area contributed by atoms with Crippen LogP contribution in [-0.2, 0) is 6.54 Å². The van der Waals surface area contributed by atoms with Gasteiger partial charge in [-0.05, 0) is 24.6 Å². The molecule has 29 heavy (non-hydrogen) atoms. The Morgan fingerprint density at radius 1 is 1.24 bits per heavy atom. The van der Waals surface area contributed by atoms with Crippen molar-refractivity contribution >= 4 is 39.0 Å². The van der Waals surface area contributed by atoms with Gasteiger partial charge in [-0.2, -0.15) is 0 Å². The monoisotopic (exact) mass is 410 g/mol. The fraction of sp³-hybridized carbons (Fsp3) is 0.273. The number of thiophene rings is 1. The molecule has 1 aliphatic heterocycles. The number of nitrogens with one attached hydrogen (secondary N) is 1. The van der Waals surface area contributed by atoms with E-state index in [1.54, 1.807) is 17.0 Å². The van der Waals surface area contributed by atoms with Crippen LogP contribution in [0.5, 0.6) is 5.75 Å². The number of benzene rings is 2. The van der Waals surface area contributed by atoms with Crippen molar-refractivity contribution in [1.82, 2.24) is 4.90 Å². The number of fused-ring (bicyclic) bond motifs is 2. The highest BCUT2D eigenvalue weighted by atomic mass is 32.1. The molecule has 0 unspecified atom stereocenters. The number of ether oxygens (including phenoxy) is 1. The van der Waals surface area contributed by atoms with Gasteiger partial charge >= 0.3 is 5.97 Å². The lowest BCUT2D eigenvalue weighted by molar-refractivity contribution is 0.0695. The summed E-state index contributed by atoms with van der Waals surface area (Å²) in [6.45, 7) is 4.04. The first kappa shape index (κ1) is 19.3. The minimum absolute atomic E-state index is 0.0384. The third kappa shape index (κ3) is 3.78. The van der Waals surface area contributed by atoms with Gasteiger partial charge in [0.05, 0.1) is 17.8 Å². The Kier molecular flexibility index (Phi) is 5.40. The van der Waals surface area contributed by atoms with Crippen molar-refractivity contribution in [3.05, 3.63) is 58.5 Å². The number of anilines is 1. The Morgan fingerprint density at radius 3 is 2.86 bits per heavy atom. The van der Waals surface area contributed by atoms with Crippen LogP contribution in [-0.4, -0.2) is 41.6 Å². The molecule has 0 atom stereocenters. The van der Waals surface area contributed by atoms with E-state index in [-0.39, 0.29) is 11.5 Å². The number of hydrogen-bond acceptors (Lipinski definition) is 5. The fourth-order valence-electron chi connectivity index (χ4n) is 3.44. The van der Waals surface area contributed by atoms with Gasteiger partial charge < -0.3 is 20.1 Å². The van der Waals surface area contributed by atoms with Crippen LogP contribution in [0, 0.1) is 0 Å². The van der Waals surface area contributed by atoms with Gasteiger partial charge in [0.15, 0.2) is 0 Å². The van der Waals surface area contributed by atoms with Crippen LogP contribution < -0.4 is 10.1 Å². The van der Waals surface area contributed by atoms with Crippen molar-refractivity contribution in [2.75, 3.05) is 25.0 Å². The Hall–Kier alpha value is -3.06. The molecule has 2 aromatic carbocycles. The molecule has 1 amide bonds. The van der Waals surface area contributed by atoms with Crippen LogP contribution in [0.25, 0.3) is 10.1 Å². The van der Waals surface area contributed by atoms with Gasteiger partial charge in [0.25, 0.3) is 5.91 Å². The number of carboxylic acid groups (broad SMARTS) is 1. The average Bonchev–Trinajstić information content (AvgIpc) is 2.95. The maximum Gasteiger partial charge on any atom is 0.335 e. The molecule has 2 N–H and O–H groups in total. The van der Waals surface area contributed by atoms with Crippen LogP contribution in [0.2, 0.25) is 0 Å². The maximum absolute atomic E-state index is 13.4. The summed E-state index contributed by atoms with van der Waals surface area (Å²) in [5, 5.41) is 13.7. The number of hydrogen-bond donors (Lipinski definition) is 2. The Labute approximate surface area is 172 Å². The quantitative estimate of drug-likeness (QED) is 0.649. The summed E-state index contributed by atoms with van der Waals surface area (Å²) in [6.07, 6.45) is 0.967. The van der Waals surface area contributed by atoms with Gasteiger partial charge in [-0.15, -0.1) is 11.3 Å². The summed E-state index contributed by atoms with van der Waals surface area (Å²) < 4.78 is 6.82. The predicted molar refractivity (Wildman–Crippen MR) is 114 cm³/mol. The smallest absolute Gasteiger partial charge is 0.335 e. The van der Waals surface area contributed by atoms with Gasteiger partial charge in [-0.3, -0.25) is 4.79 Å². The second-order valence-electron chi connectivity index (χ2n) is 6.93. The zero-order chi connectivity index (χ0) is 20.4. The summed E-state index contributed by atoms with van der Waals surface area (Å²) in [6, 6.07) is 12.8. The molecular weight excluding hydrogens is 388 g/mol. The molecule has 150 valence electrons. The molecule has 0 saturated carbocycles. The molecule has 1 aliphatic rings. The maximum atomic E-state index is 13.4. The van der Waals surface area contributed by atoms with Crippen molar-refractivity contribution in [1.29, 1.82) is 0 Å². The van der Waals surface area contributed by atoms with Crippen LogP contribution >= 0.6 is 11.3 Å². The molecule has 0 spiro atoms. The molecule has 6 nitrogen and oxygen atoms in total.